The Hall–Kier alpha value is -1.88. The lowest BCUT2D eigenvalue weighted by Gasteiger charge is -2.33. The normalized spacial score (nSPS) is 15.6. The summed E-state index contributed by atoms with van der Waals surface area (Å²) in [6.07, 6.45) is 1.98. The molecule has 0 saturated carbocycles. The zero-order valence-electron chi connectivity index (χ0n) is 15.1. The average Bonchev–Trinajstić information content (AvgIpc) is 2.60. The van der Waals surface area contributed by atoms with Crippen molar-refractivity contribution < 1.29 is 14.5 Å². The molecule has 0 atom stereocenters. The van der Waals surface area contributed by atoms with Gasteiger partial charge in [0.25, 0.3) is 5.91 Å². The number of rotatable bonds is 7. The molecule has 1 aromatic carbocycles. The van der Waals surface area contributed by atoms with Gasteiger partial charge in [0.15, 0.2) is 12.3 Å². The second-order valence-corrected chi connectivity index (χ2v) is 6.60. The molecule has 2 N–H and O–H groups in total. The minimum absolute atomic E-state index is 0.0966. The van der Waals surface area contributed by atoms with Crippen LogP contribution in [0.2, 0.25) is 0 Å². The van der Waals surface area contributed by atoms with Gasteiger partial charge in [-0.3, -0.25) is 9.59 Å². The third kappa shape index (κ3) is 5.06. The summed E-state index contributed by atoms with van der Waals surface area (Å²) in [5.74, 6) is 0.261. The fourth-order valence-corrected chi connectivity index (χ4v) is 3.16. The highest BCUT2D eigenvalue weighted by atomic mass is 16.2. The van der Waals surface area contributed by atoms with Gasteiger partial charge in [0.2, 0.25) is 0 Å². The first kappa shape index (κ1) is 18.5. The second kappa shape index (κ2) is 8.83. The first-order valence-corrected chi connectivity index (χ1v) is 9.02. The number of amides is 1. The van der Waals surface area contributed by atoms with Crippen molar-refractivity contribution in [2.75, 3.05) is 37.6 Å². The van der Waals surface area contributed by atoms with E-state index in [1.54, 1.807) is 6.92 Å². The molecular weight excluding hydrogens is 302 g/mol. The van der Waals surface area contributed by atoms with Gasteiger partial charge in [-0.15, -0.1) is 0 Å². The number of ketones is 1. The van der Waals surface area contributed by atoms with E-state index in [4.69, 9.17) is 0 Å². The smallest absolute Gasteiger partial charge is 0.275 e. The molecule has 5 heteroatoms. The minimum Gasteiger partial charge on any atom is -0.360 e. The molecule has 0 spiro atoms. The first-order valence-electron chi connectivity index (χ1n) is 9.02. The lowest BCUT2D eigenvalue weighted by molar-refractivity contribution is -0.892. The molecule has 1 fully saturated rings. The first-order chi connectivity index (χ1) is 11.5. The zero-order valence-corrected chi connectivity index (χ0v) is 15.1. The van der Waals surface area contributed by atoms with E-state index in [2.05, 4.69) is 24.1 Å². The highest BCUT2D eigenvalue weighted by molar-refractivity contribution is 5.94. The molecule has 0 bridgehead atoms. The van der Waals surface area contributed by atoms with Gasteiger partial charge < -0.3 is 15.1 Å². The molecule has 132 valence electrons. The van der Waals surface area contributed by atoms with Crippen LogP contribution in [-0.4, -0.2) is 50.5 Å². The van der Waals surface area contributed by atoms with Gasteiger partial charge >= 0.3 is 0 Å². The molecule has 0 radical (unpaired) electrons. The predicted octanol–water partition coefficient (Wildman–Crippen LogP) is 0.899. The summed E-state index contributed by atoms with van der Waals surface area (Å²) in [6.45, 7) is 10.2. The molecule has 1 aliphatic heterocycles. The SMILES string of the molecule is CCC(CC)NC(=O)C[NH+]1CCN(c2ccc(C(C)=O)cc2)CC1. The van der Waals surface area contributed by atoms with Gasteiger partial charge in [-0.1, -0.05) is 13.8 Å². The van der Waals surface area contributed by atoms with Crippen LogP contribution < -0.4 is 15.1 Å². The van der Waals surface area contributed by atoms with Crippen molar-refractivity contribution in [1.29, 1.82) is 0 Å². The van der Waals surface area contributed by atoms with E-state index in [1.807, 2.05) is 24.3 Å². The lowest BCUT2D eigenvalue weighted by atomic mass is 10.1. The Morgan fingerprint density at radius 1 is 1.12 bits per heavy atom. The highest BCUT2D eigenvalue weighted by Gasteiger charge is 2.23. The quantitative estimate of drug-likeness (QED) is 0.730. The summed E-state index contributed by atoms with van der Waals surface area (Å²) in [5.41, 5.74) is 1.90. The molecule has 1 saturated heterocycles. The van der Waals surface area contributed by atoms with E-state index < -0.39 is 0 Å². The number of piperazine rings is 1. The number of carbonyl (C=O) groups is 2. The summed E-state index contributed by atoms with van der Waals surface area (Å²) < 4.78 is 0. The van der Waals surface area contributed by atoms with Crippen molar-refractivity contribution in [3.05, 3.63) is 29.8 Å². The Balaban J connectivity index is 1.80. The number of hydrogen-bond donors (Lipinski definition) is 2. The summed E-state index contributed by atoms with van der Waals surface area (Å²) in [4.78, 5) is 27.1. The molecule has 1 aliphatic rings. The second-order valence-electron chi connectivity index (χ2n) is 6.60. The maximum absolute atomic E-state index is 12.1. The minimum atomic E-state index is 0.0966. The van der Waals surface area contributed by atoms with Crippen molar-refractivity contribution in [2.45, 2.75) is 39.7 Å². The van der Waals surface area contributed by atoms with Gasteiger partial charge in [-0.05, 0) is 44.0 Å². The van der Waals surface area contributed by atoms with E-state index in [-0.39, 0.29) is 11.7 Å². The van der Waals surface area contributed by atoms with Crippen molar-refractivity contribution in [1.82, 2.24) is 5.32 Å². The number of nitrogens with zero attached hydrogens (tertiary/aromatic N) is 1. The van der Waals surface area contributed by atoms with Gasteiger partial charge in [-0.2, -0.15) is 0 Å². The van der Waals surface area contributed by atoms with Gasteiger partial charge in [0.05, 0.1) is 26.2 Å². The average molecular weight is 332 g/mol. The Kier molecular flexibility index (Phi) is 6.79. The molecule has 0 aliphatic carbocycles. The van der Waals surface area contributed by atoms with Crippen LogP contribution in [0.5, 0.6) is 0 Å². The number of Topliss-reactive ketones (excluding diaryl/α,β-unsaturated/α-hetero) is 1. The van der Waals surface area contributed by atoms with Crippen molar-refractivity contribution >= 4 is 17.4 Å². The van der Waals surface area contributed by atoms with Crippen molar-refractivity contribution in [3.63, 3.8) is 0 Å². The molecule has 1 aromatic rings. The Bertz CT molecular complexity index is 544. The number of quaternary nitrogens is 1. The number of anilines is 1. The van der Waals surface area contributed by atoms with Gasteiger partial charge in [-0.25, -0.2) is 0 Å². The van der Waals surface area contributed by atoms with Crippen molar-refractivity contribution in [3.8, 4) is 0 Å². The van der Waals surface area contributed by atoms with Crippen LogP contribution in [-0.2, 0) is 4.79 Å². The highest BCUT2D eigenvalue weighted by Crippen LogP contribution is 2.15. The van der Waals surface area contributed by atoms with Crippen LogP contribution >= 0.6 is 0 Å². The molecule has 5 nitrogen and oxygen atoms in total. The van der Waals surface area contributed by atoms with E-state index in [9.17, 15) is 9.59 Å². The lowest BCUT2D eigenvalue weighted by Crippen LogP contribution is -3.16. The number of nitrogens with one attached hydrogen (secondary N) is 2. The van der Waals surface area contributed by atoms with E-state index in [0.717, 1.165) is 50.3 Å². The topological polar surface area (TPSA) is 53.9 Å². The van der Waals surface area contributed by atoms with Crippen molar-refractivity contribution in [2.24, 2.45) is 0 Å². The standard InChI is InChI=1S/C19H29N3O2/c1-4-17(5-2)20-19(24)14-21-10-12-22(13-11-21)18-8-6-16(7-9-18)15(3)23/h6-9,17H,4-5,10-14H2,1-3H3,(H,20,24)/p+1. The third-order valence-corrected chi connectivity index (χ3v) is 4.87. The maximum atomic E-state index is 12.1. The summed E-state index contributed by atoms with van der Waals surface area (Å²) in [7, 11) is 0. The van der Waals surface area contributed by atoms with Crippen LogP contribution in [0.25, 0.3) is 0 Å². The Labute approximate surface area is 145 Å². The molecule has 0 aromatic heterocycles. The molecule has 2 rings (SSSR count). The van der Waals surface area contributed by atoms with E-state index >= 15 is 0 Å². The third-order valence-electron chi connectivity index (χ3n) is 4.87. The fraction of sp³-hybridized carbons (Fsp3) is 0.579. The Morgan fingerprint density at radius 2 is 1.71 bits per heavy atom. The van der Waals surface area contributed by atoms with E-state index in [1.165, 1.54) is 4.90 Å². The summed E-state index contributed by atoms with van der Waals surface area (Å²) in [6, 6.07) is 8.11. The van der Waals surface area contributed by atoms with Gasteiger partial charge in [0.1, 0.15) is 0 Å². The maximum Gasteiger partial charge on any atom is 0.275 e. The van der Waals surface area contributed by atoms with E-state index in [0.29, 0.717) is 12.6 Å². The zero-order chi connectivity index (χ0) is 17.5. The van der Waals surface area contributed by atoms with Crippen LogP contribution in [0.1, 0.15) is 44.0 Å². The molecule has 24 heavy (non-hydrogen) atoms. The summed E-state index contributed by atoms with van der Waals surface area (Å²) in [5, 5.41) is 3.12. The Morgan fingerprint density at radius 3 is 2.21 bits per heavy atom. The van der Waals surface area contributed by atoms with Crippen LogP contribution in [0.3, 0.4) is 0 Å². The van der Waals surface area contributed by atoms with Crippen LogP contribution in [0.4, 0.5) is 5.69 Å². The largest absolute Gasteiger partial charge is 0.360 e. The molecule has 1 amide bonds. The van der Waals surface area contributed by atoms with Crippen LogP contribution in [0.15, 0.2) is 24.3 Å². The molecule has 1 heterocycles. The summed E-state index contributed by atoms with van der Waals surface area (Å²) >= 11 is 0. The fourth-order valence-electron chi connectivity index (χ4n) is 3.16. The monoisotopic (exact) mass is 332 g/mol. The number of carbonyl (C=O) groups excluding carboxylic acids is 2. The van der Waals surface area contributed by atoms with Gasteiger partial charge in [0, 0.05) is 17.3 Å². The molecular formula is C19H30N3O2+. The number of benzene rings is 1. The predicted molar refractivity (Wildman–Crippen MR) is 96.7 cm³/mol. The van der Waals surface area contributed by atoms with Crippen LogP contribution in [0, 0.1) is 0 Å². The number of hydrogen-bond acceptors (Lipinski definition) is 3. The molecule has 0 unspecified atom stereocenters.